The second-order valence-corrected chi connectivity index (χ2v) is 3.74. The lowest BCUT2D eigenvalue weighted by atomic mass is 10.0. The van der Waals surface area contributed by atoms with E-state index in [1.807, 2.05) is 25.1 Å². The van der Waals surface area contributed by atoms with Crippen LogP contribution in [0.1, 0.15) is 12.6 Å². The minimum Gasteiger partial charge on any atom is -0.384 e. The third-order valence-corrected chi connectivity index (χ3v) is 2.74. The minimum atomic E-state index is -0.0813. The lowest BCUT2D eigenvalue weighted by molar-refractivity contribution is 1.02. The van der Waals surface area contributed by atoms with Crippen molar-refractivity contribution >= 4 is 5.69 Å². The fourth-order valence-electron chi connectivity index (χ4n) is 1.82. The minimum absolute atomic E-state index is 0.0813. The highest BCUT2D eigenvalue weighted by Crippen LogP contribution is 2.23. The van der Waals surface area contributed by atoms with E-state index in [-0.39, 0.29) is 5.56 Å². The Hall–Kier alpha value is -2.10. The number of hydrogen-bond acceptors (Lipinski definition) is 3. The number of anilines is 1. The van der Waals surface area contributed by atoms with E-state index in [2.05, 4.69) is 15.3 Å². The zero-order valence-corrected chi connectivity index (χ0v) is 9.95. The third-order valence-electron chi connectivity index (χ3n) is 2.74. The van der Waals surface area contributed by atoms with Crippen LogP contribution in [0.2, 0.25) is 0 Å². The second kappa shape index (κ2) is 4.82. The predicted octanol–water partition coefficient (Wildman–Crippen LogP) is 2.04. The molecule has 0 bridgehead atoms. The van der Waals surface area contributed by atoms with E-state index in [4.69, 9.17) is 0 Å². The molecular weight excluding hydrogens is 214 g/mol. The van der Waals surface area contributed by atoms with Crippen molar-refractivity contribution in [2.24, 2.45) is 0 Å². The molecule has 0 aliphatic rings. The fraction of sp³-hybridized carbons (Fsp3) is 0.231. The molecule has 0 saturated carbocycles. The number of aromatic nitrogens is 2. The Morgan fingerprint density at radius 3 is 2.65 bits per heavy atom. The molecule has 0 amide bonds. The van der Waals surface area contributed by atoms with Gasteiger partial charge < -0.3 is 10.3 Å². The van der Waals surface area contributed by atoms with Crippen molar-refractivity contribution in [3.63, 3.8) is 0 Å². The molecular formula is C13H15N3O. The molecule has 0 aliphatic carbocycles. The summed E-state index contributed by atoms with van der Waals surface area (Å²) >= 11 is 0. The zero-order valence-electron chi connectivity index (χ0n) is 9.95. The van der Waals surface area contributed by atoms with Crippen LogP contribution in [-0.4, -0.2) is 17.0 Å². The van der Waals surface area contributed by atoms with Crippen molar-refractivity contribution in [1.29, 1.82) is 0 Å². The number of rotatable bonds is 3. The van der Waals surface area contributed by atoms with Gasteiger partial charge in [0.25, 0.3) is 5.56 Å². The van der Waals surface area contributed by atoms with Gasteiger partial charge in [0, 0.05) is 30.7 Å². The summed E-state index contributed by atoms with van der Waals surface area (Å²) in [6.07, 6.45) is 4.29. The van der Waals surface area contributed by atoms with Crippen LogP contribution >= 0.6 is 0 Å². The van der Waals surface area contributed by atoms with Crippen LogP contribution in [0, 0.1) is 0 Å². The molecule has 0 aliphatic heterocycles. The van der Waals surface area contributed by atoms with Crippen molar-refractivity contribution in [3.05, 3.63) is 46.6 Å². The van der Waals surface area contributed by atoms with Gasteiger partial charge in [0.15, 0.2) is 0 Å². The van der Waals surface area contributed by atoms with E-state index in [1.54, 1.807) is 19.4 Å². The number of nitrogens with zero attached hydrogens (tertiary/aromatic N) is 1. The summed E-state index contributed by atoms with van der Waals surface area (Å²) in [4.78, 5) is 18.6. The molecule has 0 fully saturated rings. The van der Waals surface area contributed by atoms with Gasteiger partial charge in [-0.25, -0.2) is 0 Å². The van der Waals surface area contributed by atoms with Gasteiger partial charge in [-0.15, -0.1) is 0 Å². The molecule has 2 rings (SSSR count). The molecule has 4 nitrogen and oxygen atoms in total. The highest BCUT2D eigenvalue weighted by atomic mass is 16.1. The molecule has 2 aromatic heterocycles. The van der Waals surface area contributed by atoms with Crippen molar-refractivity contribution in [1.82, 2.24) is 9.97 Å². The van der Waals surface area contributed by atoms with Crippen LogP contribution in [0.25, 0.3) is 11.1 Å². The van der Waals surface area contributed by atoms with Crippen molar-refractivity contribution in [2.45, 2.75) is 13.3 Å². The van der Waals surface area contributed by atoms with Crippen molar-refractivity contribution < 1.29 is 0 Å². The Morgan fingerprint density at radius 2 is 2.06 bits per heavy atom. The van der Waals surface area contributed by atoms with Crippen LogP contribution in [0.15, 0.2) is 35.4 Å². The van der Waals surface area contributed by atoms with Crippen LogP contribution in [-0.2, 0) is 6.42 Å². The normalized spacial score (nSPS) is 10.2. The average molecular weight is 229 g/mol. The van der Waals surface area contributed by atoms with Crippen LogP contribution in [0.3, 0.4) is 0 Å². The summed E-state index contributed by atoms with van der Waals surface area (Å²) in [5.41, 5.74) is 3.54. The lowest BCUT2D eigenvalue weighted by Gasteiger charge is -2.10. The van der Waals surface area contributed by atoms with Crippen molar-refractivity contribution in [3.8, 4) is 11.1 Å². The topological polar surface area (TPSA) is 57.8 Å². The SMILES string of the molecule is CCc1[nH]c(=O)c(NC)cc1-c1ccncc1. The Kier molecular flexibility index (Phi) is 3.23. The third kappa shape index (κ3) is 2.20. The summed E-state index contributed by atoms with van der Waals surface area (Å²) in [5.74, 6) is 0. The first-order chi connectivity index (χ1) is 8.26. The summed E-state index contributed by atoms with van der Waals surface area (Å²) in [7, 11) is 1.74. The Labute approximate surface area is 99.7 Å². The number of H-pyrrole nitrogens is 1. The largest absolute Gasteiger partial charge is 0.384 e. The summed E-state index contributed by atoms with van der Waals surface area (Å²) in [5, 5.41) is 2.90. The second-order valence-electron chi connectivity index (χ2n) is 3.74. The quantitative estimate of drug-likeness (QED) is 0.846. The Bertz CT molecular complexity index is 561. The maximum Gasteiger partial charge on any atom is 0.271 e. The first kappa shape index (κ1) is 11.4. The first-order valence-corrected chi connectivity index (χ1v) is 5.60. The first-order valence-electron chi connectivity index (χ1n) is 5.60. The van der Waals surface area contributed by atoms with E-state index in [0.717, 1.165) is 23.2 Å². The molecule has 0 atom stereocenters. The van der Waals surface area contributed by atoms with Gasteiger partial charge in [0.05, 0.1) is 0 Å². The van der Waals surface area contributed by atoms with Gasteiger partial charge in [-0.1, -0.05) is 6.92 Å². The number of aromatic amines is 1. The number of hydrogen-bond donors (Lipinski definition) is 2. The molecule has 2 heterocycles. The van der Waals surface area contributed by atoms with Crippen molar-refractivity contribution in [2.75, 3.05) is 12.4 Å². The predicted molar refractivity (Wildman–Crippen MR) is 69.2 cm³/mol. The monoisotopic (exact) mass is 229 g/mol. The van der Waals surface area contributed by atoms with Crippen LogP contribution in [0.4, 0.5) is 5.69 Å². The van der Waals surface area contributed by atoms with E-state index >= 15 is 0 Å². The molecule has 0 saturated heterocycles. The van der Waals surface area contributed by atoms with Gasteiger partial charge in [-0.3, -0.25) is 9.78 Å². The van der Waals surface area contributed by atoms with Gasteiger partial charge >= 0.3 is 0 Å². The maximum atomic E-state index is 11.7. The van der Waals surface area contributed by atoms with Crippen LogP contribution in [0.5, 0.6) is 0 Å². The molecule has 88 valence electrons. The molecule has 17 heavy (non-hydrogen) atoms. The number of aryl methyl sites for hydroxylation is 1. The molecule has 0 aromatic carbocycles. The molecule has 4 heteroatoms. The summed E-state index contributed by atoms with van der Waals surface area (Å²) in [6, 6.07) is 5.76. The van der Waals surface area contributed by atoms with E-state index in [0.29, 0.717) is 5.69 Å². The average Bonchev–Trinajstić information content (AvgIpc) is 2.39. The van der Waals surface area contributed by atoms with E-state index in [9.17, 15) is 4.79 Å². The molecule has 0 spiro atoms. The van der Waals surface area contributed by atoms with Gasteiger partial charge in [-0.05, 0) is 30.2 Å². The standard InChI is InChI=1S/C13H15N3O/c1-3-11-10(9-4-6-15-7-5-9)8-12(14-2)13(17)16-11/h4-8,14H,3H2,1-2H3,(H,16,17). The molecule has 2 aromatic rings. The highest BCUT2D eigenvalue weighted by Gasteiger charge is 2.08. The zero-order chi connectivity index (χ0) is 12.3. The van der Waals surface area contributed by atoms with Crippen LogP contribution < -0.4 is 10.9 Å². The number of nitrogens with one attached hydrogen (secondary N) is 2. The molecule has 2 N–H and O–H groups in total. The summed E-state index contributed by atoms with van der Waals surface area (Å²) in [6.45, 7) is 2.02. The van der Waals surface area contributed by atoms with E-state index in [1.165, 1.54) is 0 Å². The molecule has 0 radical (unpaired) electrons. The Balaban J connectivity index is 2.64. The number of pyridine rings is 2. The fourth-order valence-corrected chi connectivity index (χ4v) is 1.82. The van der Waals surface area contributed by atoms with E-state index < -0.39 is 0 Å². The maximum absolute atomic E-state index is 11.7. The summed E-state index contributed by atoms with van der Waals surface area (Å²) < 4.78 is 0. The smallest absolute Gasteiger partial charge is 0.271 e. The lowest BCUT2D eigenvalue weighted by Crippen LogP contribution is -2.14. The van der Waals surface area contributed by atoms with Gasteiger partial charge in [0.1, 0.15) is 5.69 Å². The highest BCUT2D eigenvalue weighted by molar-refractivity contribution is 5.69. The van der Waals surface area contributed by atoms with Gasteiger partial charge in [0.2, 0.25) is 0 Å². The molecule has 0 unspecified atom stereocenters. The van der Waals surface area contributed by atoms with Gasteiger partial charge in [-0.2, -0.15) is 0 Å². The Morgan fingerprint density at radius 1 is 1.35 bits per heavy atom.